The number of H-pyrrole nitrogens is 1. The maximum atomic E-state index is 12.6. The normalized spacial score (nSPS) is 15.2. The molecule has 1 saturated heterocycles. The van der Waals surface area contributed by atoms with Gasteiger partial charge >= 0.3 is 0 Å². The Morgan fingerprint density at radius 1 is 1.19 bits per heavy atom. The van der Waals surface area contributed by atoms with Gasteiger partial charge < -0.3 is 9.88 Å². The van der Waals surface area contributed by atoms with Gasteiger partial charge in [-0.15, -0.1) is 0 Å². The molecule has 1 N–H and O–H groups in total. The van der Waals surface area contributed by atoms with E-state index in [1.54, 1.807) is 6.20 Å². The van der Waals surface area contributed by atoms with Crippen molar-refractivity contribution in [2.45, 2.75) is 32.1 Å². The largest absolute Gasteiger partial charge is 0.342 e. The van der Waals surface area contributed by atoms with Gasteiger partial charge in [0.2, 0.25) is 5.91 Å². The molecule has 0 atom stereocenters. The molecule has 1 amide bonds. The third kappa shape index (κ3) is 3.77. The Balaban J connectivity index is 1.42. The third-order valence-corrected chi connectivity index (χ3v) is 5.39. The molecule has 0 unspecified atom stereocenters. The fourth-order valence-corrected chi connectivity index (χ4v) is 3.77. The van der Waals surface area contributed by atoms with Gasteiger partial charge in [-0.1, -0.05) is 35.9 Å². The third-order valence-electron chi connectivity index (χ3n) is 5.39. The lowest BCUT2D eigenvalue weighted by atomic mass is 9.92. The summed E-state index contributed by atoms with van der Waals surface area (Å²) in [5.74, 6) is 0.444. The van der Waals surface area contributed by atoms with Gasteiger partial charge in [0.15, 0.2) is 0 Å². The first-order chi connectivity index (χ1) is 13.1. The van der Waals surface area contributed by atoms with Crippen LogP contribution in [0.3, 0.4) is 0 Å². The zero-order valence-corrected chi connectivity index (χ0v) is 15.4. The molecule has 0 saturated carbocycles. The van der Waals surface area contributed by atoms with Crippen LogP contribution >= 0.6 is 0 Å². The summed E-state index contributed by atoms with van der Waals surface area (Å²) in [6.45, 7) is 3.49. The van der Waals surface area contributed by atoms with E-state index in [9.17, 15) is 9.59 Å². The molecule has 0 bridgehead atoms. The van der Waals surface area contributed by atoms with E-state index in [2.05, 4.69) is 9.97 Å². The Kier molecular flexibility index (Phi) is 4.75. The Bertz CT molecular complexity index is 1020. The van der Waals surface area contributed by atoms with E-state index in [-0.39, 0.29) is 17.4 Å². The number of pyridine rings is 2. The predicted molar refractivity (Wildman–Crippen MR) is 106 cm³/mol. The van der Waals surface area contributed by atoms with Gasteiger partial charge in [-0.25, -0.2) is 0 Å². The summed E-state index contributed by atoms with van der Waals surface area (Å²) < 4.78 is 0. The van der Waals surface area contributed by atoms with Crippen molar-refractivity contribution in [3.63, 3.8) is 0 Å². The van der Waals surface area contributed by atoms with Crippen LogP contribution in [0, 0.1) is 6.92 Å². The zero-order valence-electron chi connectivity index (χ0n) is 15.4. The molecule has 0 radical (unpaired) electrons. The van der Waals surface area contributed by atoms with Crippen LogP contribution in [-0.4, -0.2) is 33.9 Å². The number of aryl methyl sites for hydroxylation is 1. The number of aromatic amines is 1. The van der Waals surface area contributed by atoms with E-state index in [4.69, 9.17) is 0 Å². The second-order valence-electron chi connectivity index (χ2n) is 7.31. The molecule has 1 aromatic carbocycles. The summed E-state index contributed by atoms with van der Waals surface area (Å²) in [5, 5.41) is 0.870. The molecule has 0 spiro atoms. The van der Waals surface area contributed by atoms with Crippen LogP contribution in [0.2, 0.25) is 0 Å². The molecule has 5 heteroatoms. The average Bonchev–Trinajstić information content (AvgIpc) is 2.70. The van der Waals surface area contributed by atoms with Crippen molar-refractivity contribution in [1.82, 2.24) is 14.9 Å². The van der Waals surface area contributed by atoms with Crippen LogP contribution in [0.25, 0.3) is 10.9 Å². The molecule has 1 aliphatic heterocycles. The molecule has 0 aliphatic carbocycles. The first-order valence-electron chi connectivity index (χ1n) is 9.41. The van der Waals surface area contributed by atoms with Crippen molar-refractivity contribution in [2.75, 3.05) is 13.1 Å². The fraction of sp³-hybridized carbons (Fsp3) is 0.318. The van der Waals surface area contributed by atoms with E-state index in [0.29, 0.717) is 11.9 Å². The minimum atomic E-state index is -0.138. The van der Waals surface area contributed by atoms with Crippen LogP contribution in [0.1, 0.15) is 35.6 Å². The number of piperidine rings is 1. The van der Waals surface area contributed by atoms with Crippen LogP contribution in [0.15, 0.2) is 53.5 Å². The maximum Gasteiger partial charge on any atom is 0.274 e. The van der Waals surface area contributed by atoms with E-state index in [0.717, 1.165) is 42.6 Å². The first-order valence-corrected chi connectivity index (χ1v) is 9.41. The monoisotopic (exact) mass is 361 g/mol. The number of likely N-dealkylation sites (tertiary alicyclic amines) is 1. The Labute approximate surface area is 158 Å². The number of amides is 1. The highest BCUT2D eigenvalue weighted by atomic mass is 16.2. The first kappa shape index (κ1) is 17.5. The van der Waals surface area contributed by atoms with Crippen molar-refractivity contribution in [3.05, 3.63) is 75.8 Å². The molecule has 2 aromatic heterocycles. The molecular formula is C22H23N3O2. The van der Waals surface area contributed by atoms with Crippen molar-refractivity contribution < 1.29 is 4.79 Å². The number of rotatable bonds is 3. The predicted octanol–water partition coefficient (Wildman–Crippen LogP) is 3.18. The lowest BCUT2D eigenvalue weighted by Gasteiger charge is -2.32. The number of aromatic nitrogens is 2. The number of benzene rings is 1. The molecule has 4 rings (SSSR count). The highest BCUT2D eigenvalue weighted by Gasteiger charge is 2.24. The minimum absolute atomic E-state index is 0.138. The van der Waals surface area contributed by atoms with E-state index in [1.807, 2.05) is 54.3 Å². The lowest BCUT2D eigenvalue weighted by molar-refractivity contribution is -0.131. The fourth-order valence-electron chi connectivity index (χ4n) is 3.77. The summed E-state index contributed by atoms with van der Waals surface area (Å²) in [6.07, 6.45) is 3.81. The Morgan fingerprint density at radius 3 is 2.67 bits per heavy atom. The molecule has 27 heavy (non-hydrogen) atoms. The van der Waals surface area contributed by atoms with Crippen LogP contribution in [0.5, 0.6) is 0 Å². The number of hydrogen-bond acceptors (Lipinski definition) is 3. The summed E-state index contributed by atoms with van der Waals surface area (Å²) in [5.41, 5.74) is 3.55. The quantitative estimate of drug-likeness (QED) is 0.779. The molecule has 138 valence electrons. The number of carbonyl (C=O) groups excluding carboxylic acids is 1. The van der Waals surface area contributed by atoms with Crippen molar-refractivity contribution in [3.8, 4) is 0 Å². The smallest absolute Gasteiger partial charge is 0.274 e. The maximum absolute atomic E-state index is 12.6. The topological polar surface area (TPSA) is 66.1 Å². The number of hydrogen-bond donors (Lipinski definition) is 1. The molecular weight excluding hydrogens is 338 g/mol. The van der Waals surface area contributed by atoms with Gasteiger partial charge in [0.25, 0.3) is 5.56 Å². The highest BCUT2D eigenvalue weighted by molar-refractivity contribution is 5.79. The van der Waals surface area contributed by atoms with E-state index >= 15 is 0 Å². The highest BCUT2D eigenvalue weighted by Crippen LogP contribution is 2.27. The summed E-state index contributed by atoms with van der Waals surface area (Å²) in [7, 11) is 0. The summed E-state index contributed by atoms with van der Waals surface area (Å²) in [4.78, 5) is 33.9. The molecule has 3 aromatic rings. The van der Waals surface area contributed by atoms with Crippen LogP contribution in [0.4, 0.5) is 0 Å². The van der Waals surface area contributed by atoms with Gasteiger partial charge in [0.05, 0.1) is 6.42 Å². The van der Waals surface area contributed by atoms with E-state index < -0.39 is 0 Å². The van der Waals surface area contributed by atoms with Crippen LogP contribution in [-0.2, 0) is 11.2 Å². The number of carbonyl (C=O) groups is 1. The standard InChI is InChI=1S/C22H23N3O2/c1-15-4-6-16(7-5-15)13-20(26)25-11-8-17(9-12-25)19-14-18-3-2-10-23-21(18)22(27)24-19/h2-7,10,14,17H,8-9,11-13H2,1H3,(H,24,27). The van der Waals surface area contributed by atoms with Gasteiger partial charge in [0.1, 0.15) is 5.52 Å². The second-order valence-corrected chi connectivity index (χ2v) is 7.31. The average molecular weight is 361 g/mol. The molecule has 5 nitrogen and oxygen atoms in total. The van der Waals surface area contributed by atoms with Gasteiger partial charge in [-0.05, 0) is 37.5 Å². The molecule has 3 heterocycles. The lowest BCUT2D eigenvalue weighted by Crippen LogP contribution is -2.39. The summed E-state index contributed by atoms with van der Waals surface area (Å²) in [6, 6.07) is 13.9. The number of nitrogens with one attached hydrogen (secondary N) is 1. The van der Waals surface area contributed by atoms with Crippen LogP contribution < -0.4 is 5.56 Å². The SMILES string of the molecule is Cc1ccc(CC(=O)N2CCC(c3cc4cccnc4c(=O)[nH]3)CC2)cc1. The van der Waals surface area contributed by atoms with Crippen molar-refractivity contribution in [2.24, 2.45) is 0 Å². The molecule has 1 aliphatic rings. The van der Waals surface area contributed by atoms with E-state index in [1.165, 1.54) is 5.56 Å². The zero-order chi connectivity index (χ0) is 18.8. The minimum Gasteiger partial charge on any atom is -0.342 e. The van der Waals surface area contributed by atoms with Gasteiger partial charge in [0, 0.05) is 36.3 Å². The van der Waals surface area contributed by atoms with Gasteiger partial charge in [-0.2, -0.15) is 0 Å². The van der Waals surface area contributed by atoms with Gasteiger partial charge in [-0.3, -0.25) is 14.6 Å². The second kappa shape index (κ2) is 7.35. The number of nitrogens with zero attached hydrogens (tertiary/aromatic N) is 2. The number of fused-ring (bicyclic) bond motifs is 1. The summed E-state index contributed by atoms with van der Waals surface area (Å²) >= 11 is 0. The Hall–Kier alpha value is -2.95. The van der Waals surface area contributed by atoms with Crippen molar-refractivity contribution in [1.29, 1.82) is 0 Å². The van der Waals surface area contributed by atoms with Crippen molar-refractivity contribution >= 4 is 16.8 Å². The Morgan fingerprint density at radius 2 is 1.93 bits per heavy atom. The molecule has 1 fully saturated rings.